The van der Waals surface area contributed by atoms with Crippen molar-refractivity contribution in [3.63, 3.8) is 0 Å². The van der Waals surface area contributed by atoms with E-state index in [0.717, 1.165) is 4.68 Å². The van der Waals surface area contributed by atoms with E-state index in [1.807, 2.05) is 0 Å². The van der Waals surface area contributed by atoms with Crippen LogP contribution in [-0.2, 0) is 0 Å². The molecule has 1 aromatic heterocycles. The van der Waals surface area contributed by atoms with Crippen molar-refractivity contribution in [3.05, 3.63) is 56.4 Å². The summed E-state index contributed by atoms with van der Waals surface area (Å²) in [6.45, 7) is 0. The van der Waals surface area contributed by atoms with Crippen LogP contribution in [0.15, 0.2) is 35.3 Å². The standard InChI is InChI=1S/C11H6Cl2N2O3/c12-8-5-14-15(10(16)9(8)13)7-3-1-2-6(4-7)11(17)18/h1-5H,(H,17,18). The number of halogens is 2. The second-order valence-electron chi connectivity index (χ2n) is 3.38. The number of benzene rings is 1. The van der Waals surface area contributed by atoms with Gasteiger partial charge in [-0.05, 0) is 18.2 Å². The first-order valence-corrected chi connectivity index (χ1v) is 5.53. The zero-order chi connectivity index (χ0) is 13.3. The Kier molecular flexibility index (Phi) is 3.36. The highest BCUT2D eigenvalue weighted by molar-refractivity contribution is 6.41. The lowest BCUT2D eigenvalue weighted by Gasteiger charge is -2.06. The molecule has 0 aliphatic rings. The van der Waals surface area contributed by atoms with Gasteiger partial charge in [-0.3, -0.25) is 4.79 Å². The van der Waals surface area contributed by atoms with Crippen LogP contribution in [0.3, 0.4) is 0 Å². The van der Waals surface area contributed by atoms with E-state index in [-0.39, 0.29) is 15.6 Å². The lowest BCUT2D eigenvalue weighted by molar-refractivity contribution is 0.0697. The van der Waals surface area contributed by atoms with Crippen molar-refractivity contribution in [3.8, 4) is 5.69 Å². The van der Waals surface area contributed by atoms with Gasteiger partial charge in [0.25, 0.3) is 5.56 Å². The monoisotopic (exact) mass is 284 g/mol. The molecule has 0 saturated carbocycles. The van der Waals surface area contributed by atoms with Crippen LogP contribution in [0.2, 0.25) is 10.0 Å². The maximum absolute atomic E-state index is 11.8. The van der Waals surface area contributed by atoms with Crippen molar-refractivity contribution in [2.24, 2.45) is 0 Å². The van der Waals surface area contributed by atoms with Gasteiger partial charge in [0.15, 0.2) is 0 Å². The molecule has 7 heteroatoms. The molecular formula is C11H6Cl2N2O3. The molecule has 92 valence electrons. The normalized spacial score (nSPS) is 10.3. The molecule has 1 aromatic carbocycles. The molecular weight excluding hydrogens is 279 g/mol. The van der Waals surface area contributed by atoms with E-state index >= 15 is 0 Å². The molecule has 5 nitrogen and oxygen atoms in total. The van der Waals surface area contributed by atoms with E-state index in [1.54, 1.807) is 6.07 Å². The summed E-state index contributed by atoms with van der Waals surface area (Å²) in [6.07, 6.45) is 1.22. The second-order valence-corrected chi connectivity index (χ2v) is 4.16. The molecule has 0 fully saturated rings. The molecule has 0 radical (unpaired) electrons. The SMILES string of the molecule is O=C(O)c1cccc(-n2ncc(Cl)c(Cl)c2=O)c1. The van der Waals surface area contributed by atoms with E-state index in [2.05, 4.69) is 5.10 Å². The van der Waals surface area contributed by atoms with Gasteiger partial charge in [-0.2, -0.15) is 9.78 Å². The van der Waals surface area contributed by atoms with Crippen LogP contribution < -0.4 is 5.56 Å². The lowest BCUT2D eigenvalue weighted by atomic mass is 10.2. The highest BCUT2D eigenvalue weighted by atomic mass is 35.5. The number of carboxylic acids is 1. The first kappa shape index (κ1) is 12.6. The van der Waals surface area contributed by atoms with Crippen molar-refractivity contribution >= 4 is 29.2 Å². The third kappa shape index (κ3) is 2.23. The van der Waals surface area contributed by atoms with Crippen LogP contribution in [-0.4, -0.2) is 20.9 Å². The number of carboxylic acid groups (broad SMARTS) is 1. The number of rotatable bonds is 2. The minimum Gasteiger partial charge on any atom is -0.478 e. The Morgan fingerprint density at radius 1 is 1.33 bits per heavy atom. The van der Waals surface area contributed by atoms with Crippen LogP contribution in [0.25, 0.3) is 5.69 Å². The van der Waals surface area contributed by atoms with Crippen molar-refractivity contribution in [2.45, 2.75) is 0 Å². The molecule has 18 heavy (non-hydrogen) atoms. The summed E-state index contributed by atoms with van der Waals surface area (Å²) < 4.78 is 0.987. The fourth-order valence-corrected chi connectivity index (χ4v) is 1.62. The molecule has 0 bridgehead atoms. The molecule has 0 aliphatic carbocycles. The van der Waals surface area contributed by atoms with Gasteiger partial charge >= 0.3 is 5.97 Å². The van der Waals surface area contributed by atoms with Crippen LogP contribution >= 0.6 is 23.2 Å². The number of hydrogen-bond acceptors (Lipinski definition) is 3. The summed E-state index contributed by atoms with van der Waals surface area (Å²) in [5.74, 6) is -1.09. The van der Waals surface area contributed by atoms with Gasteiger partial charge < -0.3 is 5.11 Å². The Morgan fingerprint density at radius 3 is 2.72 bits per heavy atom. The predicted octanol–water partition coefficient (Wildman–Crippen LogP) is 2.24. The van der Waals surface area contributed by atoms with Crippen LogP contribution in [0.1, 0.15) is 10.4 Å². The summed E-state index contributed by atoms with van der Waals surface area (Å²) in [7, 11) is 0. The maximum atomic E-state index is 11.8. The summed E-state index contributed by atoms with van der Waals surface area (Å²) >= 11 is 11.4. The Labute approximate surface area is 111 Å². The van der Waals surface area contributed by atoms with Crippen LogP contribution in [0.4, 0.5) is 0 Å². The molecule has 2 aromatic rings. The predicted molar refractivity (Wildman–Crippen MR) is 66.8 cm³/mol. The summed E-state index contributed by atoms with van der Waals surface area (Å²) in [5.41, 5.74) is -0.252. The molecule has 0 saturated heterocycles. The van der Waals surface area contributed by atoms with Gasteiger partial charge in [0, 0.05) is 0 Å². The molecule has 0 amide bonds. The summed E-state index contributed by atoms with van der Waals surface area (Å²) in [6, 6.07) is 5.79. The number of carbonyl (C=O) groups is 1. The van der Waals surface area contributed by atoms with Gasteiger partial charge in [0.2, 0.25) is 0 Å². The quantitative estimate of drug-likeness (QED) is 0.918. The first-order valence-electron chi connectivity index (χ1n) is 4.78. The number of aromatic nitrogens is 2. The third-order valence-electron chi connectivity index (χ3n) is 2.21. The fourth-order valence-electron chi connectivity index (χ4n) is 1.37. The van der Waals surface area contributed by atoms with Crippen LogP contribution in [0.5, 0.6) is 0 Å². The van der Waals surface area contributed by atoms with Gasteiger partial charge in [-0.15, -0.1) is 0 Å². The van der Waals surface area contributed by atoms with E-state index in [1.165, 1.54) is 24.4 Å². The Morgan fingerprint density at radius 2 is 2.06 bits per heavy atom. The minimum absolute atomic E-state index is 0.0484. The van der Waals surface area contributed by atoms with E-state index in [9.17, 15) is 9.59 Å². The zero-order valence-corrected chi connectivity index (χ0v) is 10.3. The average Bonchev–Trinajstić information content (AvgIpc) is 2.36. The Hall–Kier alpha value is -1.85. The van der Waals surface area contributed by atoms with Crippen molar-refractivity contribution in [2.75, 3.05) is 0 Å². The number of aromatic carboxylic acids is 1. The molecule has 0 unspecified atom stereocenters. The summed E-state index contributed by atoms with van der Waals surface area (Å²) in [5, 5.41) is 12.6. The van der Waals surface area contributed by atoms with Crippen molar-refractivity contribution < 1.29 is 9.90 Å². The number of nitrogens with zero attached hydrogens (tertiary/aromatic N) is 2. The molecule has 0 atom stereocenters. The maximum Gasteiger partial charge on any atom is 0.335 e. The van der Waals surface area contributed by atoms with Crippen molar-refractivity contribution in [1.82, 2.24) is 9.78 Å². The molecule has 1 heterocycles. The number of hydrogen-bond donors (Lipinski definition) is 1. The third-order valence-corrected chi connectivity index (χ3v) is 2.96. The topological polar surface area (TPSA) is 72.2 Å². The Balaban J connectivity index is 2.63. The van der Waals surface area contributed by atoms with Gasteiger partial charge in [-0.1, -0.05) is 29.3 Å². The van der Waals surface area contributed by atoms with Gasteiger partial charge in [0.05, 0.1) is 22.5 Å². The zero-order valence-electron chi connectivity index (χ0n) is 8.80. The first-order chi connectivity index (χ1) is 8.50. The van der Waals surface area contributed by atoms with Crippen molar-refractivity contribution in [1.29, 1.82) is 0 Å². The highest BCUT2D eigenvalue weighted by Gasteiger charge is 2.10. The minimum atomic E-state index is -1.09. The fraction of sp³-hybridized carbons (Fsp3) is 0. The Bertz CT molecular complexity index is 682. The van der Waals surface area contributed by atoms with Gasteiger partial charge in [-0.25, -0.2) is 4.79 Å². The molecule has 2 rings (SSSR count). The highest BCUT2D eigenvalue weighted by Crippen LogP contribution is 2.16. The van der Waals surface area contributed by atoms with E-state index < -0.39 is 11.5 Å². The largest absolute Gasteiger partial charge is 0.478 e. The van der Waals surface area contributed by atoms with E-state index in [4.69, 9.17) is 28.3 Å². The smallest absolute Gasteiger partial charge is 0.335 e. The second kappa shape index (κ2) is 4.80. The molecule has 0 aliphatic heterocycles. The van der Waals surface area contributed by atoms with Gasteiger partial charge in [0.1, 0.15) is 5.02 Å². The van der Waals surface area contributed by atoms with E-state index in [0.29, 0.717) is 5.69 Å². The molecule has 0 spiro atoms. The van der Waals surface area contributed by atoms with Crippen LogP contribution in [0, 0.1) is 0 Å². The lowest BCUT2D eigenvalue weighted by Crippen LogP contribution is -2.21. The molecule has 1 N–H and O–H groups in total. The summed E-state index contributed by atoms with van der Waals surface area (Å²) in [4.78, 5) is 22.6. The average molecular weight is 285 g/mol.